The number of benzene rings is 2. The molecular formula is C22H23F3N4O2. The van der Waals surface area contributed by atoms with E-state index in [1.54, 1.807) is 42.2 Å². The number of nitrogens with zero attached hydrogens (tertiary/aromatic N) is 2. The number of hydrogen-bond donors (Lipinski definition) is 2. The molecule has 0 atom stereocenters. The van der Waals surface area contributed by atoms with Crippen molar-refractivity contribution in [3.8, 4) is 17.0 Å². The Morgan fingerprint density at radius 2 is 1.90 bits per heavy atom. The highest BCUT2D eigenvalue weighted by Crippen LogP contribution is 2.33. The van der Waals surface area contributed by atoms with Crippen LogP contribution in [0.25, 0.3) is 11.3 Å². The molecule has 1 heterocycles. The normalized spacial score (nSPS) is 12.0. The third kappa shape index (κ3) is 5.64. The van der Waals surface area contributed by atoms with Crippen LogP contribution in [-0.4, -0.2) is 27.8 Å². The van der Waals surface area contributed by atoms with E-state index in [4.69, 9.17) is 10.5 Å². The SMILES string of the molecule is Cn1nccc1-c1cc(NC(=O)c2cccc(C(F)(F)F)c2)ccc1OCC(C)(C)N. The van der Waals surface area contributed by atoms with Gasteiger partial charge in [0.25, 0.3) is 5.91 Å². The summed E-state index contributed by atoms with van der Waals surface area (Å²) in [5.41, 5.74) is 6.26. The molecule has 0 aliphatic carbocycles. The fraction of sp³-hybridized carbons (Fsp3) is 0.273. The van der Waals surface area contributed by atoms with Crippen LogP contribution in [0.4, 0.5) is 18.9 Å². The molecule has 0 spiro atoms. The molecule has 6 nitrogen and oxygen atoms in total. The molecule has 0 fully saturated rings. The maximum atomic E-state index is 12.9. The summed E-state index contributed by atoms with van der Waals surface area (Å²) in [6.07, 6.45) is -2.90. The molecule has 0 aliphatic heterocycles. The Balaban J connectivity index is 1.90. The molecular weight excluding hydrogens is 409 g/mol. The van der Waals surface area contributed by atoms with Crippen molar-refractivity contribution < 1.29 is 22.7 Å². The molecule has 3 N–H and O–H groups in total. The van der Waals surface area contributed by atoms with Gasteiger partial charge in [0.15, 0.2) is 0 Å². The van der Waals surface area contributed by atoms with Crippen LogP contribution in [0.2, 0.25) is 0 Å². The number of carbonyl (C=O) groups is 1. The van der Waals surface area contributed by atoms with Crippen LogP contribution in [0.3, 0.4) is 0 Å². The fourth-order valence-corrected chi connectivity index (χ4v) is 2.88. The minimum atomic E-state index is -4.53. The third-order valence-corrected chi connectivity index (χ3v) is 4.39. The van der Waals surface area contributed by atoms with Crippen LogP contribution in [0.1, 0.15) is 29.8 Å². The molecule has 0 saturated heterocycles. The van der Waals surface area contributed by atoms with Gasteiger partial charge in [0.1, 0.15) is 12.4 Å². The molecule has 0 bridgehead atoms. The summed E-state index contributed by atoms with van der Waals surface area (Å²) in [4.78, 5) is 12.6. The minimum Gasteiger partial charge on any atom is -0.491 e. The number of anilines is 1. The van der Waals surface area contributed by atoms with E-state index in [2.05, 4.69) is 10.4 Å². The van der Waals surface area contributed by atoms with Crippen molar-refractivity contribution in [1.82, 2.24) is 9.78 Å². The predicted molar refractivity (Wildman–Crippen MR) is 112 cm³/mol. The van der Waals surface area contributed by atoms with Crippen LogP contribution in [0.5, 0.6) is 5.75 Å². The largest absolute Gasteiger partial charge is 0.491 e. The molecule has 0 radical (unpaired) electrons. The van der Waals surface area contributed by atoms with E-state index >= 15 is 0 Å². The fourth-order valence-electron chi connectivity index (χ4n) is 2.88. The Labute approximate surface area is 177 Å². The first-order chi connectivity index (χ1) is 14.4. The van der Waals surface area contributed by atoms with E-state index in [1.165, 1.54) is 12.1 Å². The number of nitrogens with one attached hydrogen (secondary N) is 1. The first-order valence-electron chi connectivity index (χ1n) is 9.47. The number of nitrogens with two attached hydrogens (primary N) is 1. The maximum Gasteiger partial charge on any atom is 0.416 e. The molecule has 0 unspecified atom stereocenters. The van der Waals surface area contributed by atoms with Crippen molar-refractivity contribution in [2.24, 2.45) is 12.8 Å². The molecule has 2 aromatic carbocycles. The van der Waals surface area contributed by atoms with Crippen LogP contribution >= 0.6 is 0 Å². The van der Waals surface area contributed by atoms with Crippen molar-refractivity contribution in [1.29, 1.82) is 0 Å². The summed E-state index contributed by atoms with van der Waals surface area (Å²) in [6.45, 7) is 3.93. The average molecular weight is 432 g/mol. The second-order valence-corrected chi connectivity index (χ2v) is 7.86. The van der Waals surface area contributed by atoms with E-state index in [9.17, 15) is 18.0 Å². The summed E-state index contributed by atoms with van der Waals surface area (Å²) >= 11 is 0. The third-order valence-electron chi connectivity index (χ3n) is 4.39. The standard InChI is InChI=1S/C22H23F3N4O2/c1-21(2,26)13-31-19-8-7-16(12-17(19)18-9-10-27-29(18)3)28-20(30)14-5-4-6-15(11-14)22(23,24)25/h4-12H,13,26H2,1-3H3,(H,28,30). The van der Waals surface area contributed by atoms with Gasteiger partial charge in [-0.2, -0.15) is 18.3 Å². The van der Waals surface area contributed by atoms with Crippen molar-refractivity contribution >= 4 is 11.6 Å². The second-order valence-electron chi connectivity index (χ2n) is 7.86. The Hall–Kier alpha value is -3.33. The number of amides is 1. The van der Waals surface area contributed by atoms with Gasteiger partial charge in [-0.1, -0.05) is 6.07 Å². The molecule has 164 valence electrons. The average Bonchev–Trinajstić information content (AvgIpc) is 3.11. The summed E-state index contributed by atoms with van der Waals surface area (Å²) in [5, 5.41) is 6.80. The van der Waals surface area contributed by atoms with Crippen LogP contribution in [-0.2, 0) is 13.2 Å². The monoisotopic (exact) mass is 432 g/mol. The lowest BCUT2D eigenvalue weighted by atomic mass is 10.1. The van der Waals surface area contributed by atoms with E-state index in [1.807, 2.05) is 13.8 Å². The molecule has 3 rings (SSSR count). The lowest BCUT2D eigenvalue weighted by Gasteiger charge is -2.21. The number of aryl methyl sites for hydroxylation is 1. The lowest BCUT2D eigenvalue weighted by molar-refractivity contribution is -0.137. The number of rotatable bonds is 6. The van der Waals surface area contributed by atoms with Gasteiger partial charge >= 0.3 is 6.18 Å². The number of ether oxygens (including phenoxy) is 1. The molecule has 0 aliphatic rings. The summed E-state index contributed by atoms with van der Waals surface area (Å²) in [5.74, 6) is -0.113. The number of aromatic nitrogens is 2. The van der Waals surface area contributed by atoms with E-state index in [0.29, 0.717) is 17.0 Å². The van der Waals surface area contributed by atoms with Crippen molar-refractivity contribution in [2.45, 2.75) is 25.6 Å². The topological polar surface area (TPSA) is 82.2 Å². The van der Waals surface area contributed by atoms with Gasteiger partial charge in [-0.15, -0.1) is 0 Å². The smallest absolute Gasteiger partial charge is 0.416 e. The quantitative estimate of drug-likeness (QED) is 0.602. The van der Waals surface area contributed by atoms with Gasteiger partial charge in [-0.25, -0.2) is 0 Å². The van der Waals surface area contributed by atoms with E-state index in [0.717, 1.165) is 17.8 Å². The van der Waals surface area contributed by atoms with Gasteiger partial charge in [-0.05, 0) is 56.3 Å². The van der Waals surface area contributed by atoms with Gasteiger partial charge < -0.3 is 15.8 Å². The van der Waals surface area contributed by atoms with Gasteiger partial charge in [0, 0.05) is 35.6 Å². The van der Waals surface area contributed by atoms with Gasteiger partial charge in [-0.3, -0.25) is 9.48 Å². The number of carbonyl (C=O) groups excluding carboxylic acids is 1. The highest BCUT2D eigenvalue weighted by atomic mass is 19.4. The Kier molecular flexibility index (Phi) is 6.08. The van der Waals surface area contributed by atoms with Crippen LogP contribution in [0, 0.1) is 0 Å². The molecule has 1 amide bonds. The zero-order valence-corrected chi connectivity index (χ0v) is 17.3. The zero-order valence-electron chi connectivity index (χ0n) is 17.3. The molecule has 0 saturated carbocycles. The van der Waals surface area contributed by atoms with Gasteiger partial charge in [0.05, 0.1) is 11.3 Å². The minimum absolute atomic E-state index is 0.0953. The molecule has 9 heteroatoms. The number of hydrogen-bond acceptors (Lipinski definition) is 4. The highest BCUT2D eigenvalue weighted by molar-refractivity contribution is 6.04. The summed E-state index contributed by atoms with van der Waals surface area (Å²) in [7, 11) is 1.76. The number of halogens is 3. The van der Waals surface area contributed by atoms with Crippen molar-refractivity contribution in [3.63, 3.8) is 0 Å². The first kappa shape index (κ1) is 22.4. The van der Waals surface area contributed by atoms with Crippen molar-refractivity contribution in [3.05, 3.63) is 65.9 Å². The highest BCUT2D eigenvalue weighted by Gasteiger charge is 2.31. The maximum absolute atomic E-state index is 12.9. The van der Waals surface area contributed by atoms with E-state index in [-0.39, 0.29) is 12.2 Å². The zero-order chi connectivity index (χ0) is 22.8. The van der Waals surface area contributed by atoms with Crippen LogP contribution in [0.15, 0.2) is 54.7 Å². The molecule has 31 heavy (non-hydrogen) atoms. The van der Waals surface area contributed by atoms with Gasteiger partial charge in [0.2, 0.25) is 0 Å². The predicted octanol–water partition coefficient (Wildman–Crippen LogP) is 4.47. The Bertz CT molecular complexity index is 1080. The Morgan fingerprint density at radius 3 is 2.52 bits per heavy atom. The van der Waals surface area contributed by atoms with E-state index < -0.39 is 23.2 Å². The molecule has 1 aromatic heterocycles. The molecule has 3 aromatic rings. The second kappa shape index (κ2) is 8.43. The first-order valence-corrected chi connectivity index (χ1v) is 9.47. The van der Waals surface area contributed by atoms with Crippen molar-refractivity contribution in [2.75, 3.05) is 11.9 Å². The van der Waals surface area contributed by atoms with Crippen LogP contribution < -0.4 is 15.8 Å². The number of alkyl halides is 3. The summed E-state index contributed by atoms with van der Waals surface area (Å²) < 4.78 is 46.4. The Morgan fingerprint density at radius 1 is 1.16 bits per heavy atom. The lowest BCUT2D eigenvalue weighted by Crippen LogP contribution is -2.38. The summed E-state index contributed by atoms with van der Waals surface area (Å²) in [6, 6.07) is 11.0.